The summed E-state index contributed by atoms with van der Waals surface area (Å²) < 4.78 is 13.3. The zero-order chi connectivity index (χ0) is 18.1. The highest BCUT2D eigenvalue weighted by Crippen LogP contribution is 2.18. The van der Waals surface area contributed by atoms with Gasteiger partial charge in [-0.05, 0) is 49.4 Å². The average Bonchev–Trinajstić information content (AvgIpc) is 2.56. The largest absolute Gasteiger partial charge is 0.390 e. The molecule has 1 rings (SSSR count). The van der Waals surface area contributed by atoms with Gasteiger partial charge in [-0.15, -0.1) is 0 Å². The van der Waals surface area contributed by atoms with E-state index in [0.717, 1.165) is 25.7 Å². The molecule has 4 nitrogen and oxygen atoms in total. The van der Waals surface area contributed by atoms with E-state index in [1.807, 2.05) is 0 Å². The van der Waals surface area contributed by atoms with E-state index >= 15 is 0 Å². The summed E-state index contributed by atoms with van der Waals surface area (Å²) in [5, 5.41) is 13.6. The summed E-state index contributed by atoms with van der Waals surface area (Å²) in [4.78, 5) is 4.75. The molecule has 0 radical (unpaired) electrons. The van der Waals surface area contributed by atoms with Gasteiger partial charge in [-0.3, -0.25) is 4.99 Å². The Morgan fingerprint density at radius 3 is 2.54 bits per heavy atom. The van der Waals surface area contributed by atoms with Crippen LogP contribution in [-0.4, -0.2) is 29.2 Å². The number of hydrogen-bond donors (Lipinski definition) is 2. The van der Waals surface area contributed by atoms with E-state index in [4.69, 9.17) is 10.8 Å². The van der Waals surface area contributed by atoms with E-state index < -0.39 is 0 Å². The number of rotatable bonds is 9. The molecule has 0 saturated carbocycles. The minimum absolute atomic E-state index is 0.129. The van der Waals surface area contributed by atoms with Gasteiger partial charge in [0.25, 0.3) is 0 Å². The molecule has 1 aromatic carbocycles. The van der Waals surface area contributed by atoms with Crippen LogP contribution in [0.15, 0.2) is 28.3 Å². The predicted molar refractivity (Wildman–Crippen MR) is 99.2 cm³/mol. The molecular weight excluding hydrogens is 305 g/mol. The Labute approximate surface area is 144 Å². The number of aliphatic imine (C=N–C) groups is 1. The van der Waals surface area contributed by atoms with Crippen LogP contribution in [0, 0.1) is 18.7 Å². The lowest BCUT2D eigenvalue weighted by Gasteiger charge is -2.18. The number of nitrogens with two attached hydrogens (primary N) is 1. The first-order chi connectivity index (χ1) is 11.5. The second-order valence-corrected chi connectivity index (χ2v) is 6.36. The molecule has 2 unspecified atom stereocenters. The summed E-state index contributed by atoms with van der Waals surface area (Å²) >= 11 is 0. The Balaban J connectivity index is 3.18. The zero-order valence-electron chi connectivity index (χ0n) is 15.2. The quantitative estimate of drug-likeness (QED) is 0.409. The highest BCUT2D eigenvalue weighted by atomic mass is 19.1. The number of aliphatic hydroxyl groups excluding tert-OH is 1. The van der Waals surface area contributed by atoms with Crippen molar-refractivity contribution in [1.29, 1.82) is 0 Å². The highest BCUT2D eigenvalue weighted by molar-refractivity contribution is 6.49. The van der Waals surface area contributed by atoms with Gasteiger partial charge in [0.15, 0.2) is 0 Å². The number of aryl methyl sites for hydroxylation is 1. The van der Waals surface area contributed by atoms with Crippen LogP contribution >= 0.6 is 0 Å². The van der Waals surface area contributed by atoms with Crippen LogP contribution in [0.2, 0.25) is 0 Å². The van der Waals surface area contributed by atoms with E-state index in [-0.39, 0.29) is 18.5 Å². The second kappa shape index (κ2) is 10.2. The Bertz CT molecular complexity index is 584. The van der Waals surface area contributed by atoms with Crippen LogP contribution in [0.4, 0.5) is 4.39 Å². The fourth-order valence-electron chi connectivity index (χ4n) is 2.79. The average molecular weight is 335 g/mol. The van der Waals surface area contributed by atoms with Gasteiger partial charge in [0.1, 0.15) is 11.5 Å². The number of hydrazone groups is 1. The molecule has 0 aromatic heterocycles. The third-order valence-electron chi connectivity index (χ3n) is 4.33. The maximum atomic E-state index is 13.3. The van der Waals surface area contributed by atoms with Crippen molar-refractivity contribution < 1.29 is 9.50 Å². The first-order valence-electron chi connectivity index (χ1n) is 8.68. The van der Waals surface area contributed by atoms with E-state index in [1.54, 1.807) is 13.0 Å². The Morgan fingerprint density at radius 1 is 1.33 bits per heavy atom. The molecule has 3 N–H and O–H groups in total. The molecule has 5 heteroatoms. The maximum absolute atomic E-state index is 13.3. The molecule has 0 bridgehead atoms. The van der Waals surface area contributed by atoms with E-state index in [1.165, 1.54) is 12.1 Å². The van der Waals surface area contributed by atoms with Gasteiger partial charge in [-0.2, -0.15) is 5.10 Å². The molecule has 2 atom stereocenters. The van der Waals surface area contributed by atoms with Crippen molar-refractivity contribution in [2.45, 2.75) is 59.4 Å². The monoisotopic (exact) mass is 335 g/mol. The van der Waals surface area contributed by atoms with Crippen LogP contribution in [0.1, 0.15) is 57.6 Å². The first kappa shape index (κ1) is 20.3. The topological polar surface area (TPSA) is 71.0 Å². The molecule has 0 aliphatic rings. The fourth-order valence-corrected chi connectivity index (χ4v) is 2.79. The second-order valence-electron chi connectivity index (χ2n) is 6.36. The third kappa shape index (κ3) is 5.71. The Hall–Kier alpha value is -1.75. The van der Waals surface area contributed by atoms with Crippen molar-refractivity contribution >= 4 is 11.4 Å². The molecule has 24 heavy (non-hydrogen) atoms. The van der Waals surface area contributed by atoms with E-state index in [9.17, 15) is 9.50 Å². The standard InChI is InChI=1S/C19H30FN3O/c1-5-7-16(10-13(3)6-2)22-18(12-24)19(23-21)17-9-8-15(20)11-14(17)4/h8-9,11,13,16,24H,5-7,10,12,21H2,1-4H3. The van der Waals surface area contributed by atoms with Crippen molar-refractivity contribution in [2.24, 2.45) is 21.9 Å². The summed E-state index contributed by atoms with van der Waals surface area (Å²) in [5.74, 6) is 5.82. The molecule has 0 spiro atoms. The minimum Gasteiger partial charge on any atom is -0.390 e. The molecule has 1 aromatic rings. The van der Waals surface area contributed by atoms with Gasteiger partial charge in [-0.25, -0.2) is 4.39 Å². The Morgan fingerprint density at radius 2 is 2.04 bits per heavy atom. The first-order valence-corrected chi connectivity index (χ1v) is 8.68. The van der Waals surface area contributed by atoms with Gasteiger partial charge < -0.3 is 10.9 Å². The smallest absolute Gasteiger partial charge is 0.123 e. The maximum Gasteiger partial charge on any atom is 0.123 e. The summed E-state index contributed by atoms with van der Waals surface area (Å²) in [5.41, 5.74) is 2.31. The number of benzene rings is 1. The number of nitrogens with zero attached hydrogens (tertiary/aromatic N) is 2. The summed E-state index contributed by atoms with van der Waals surface area (Å²) in [6.45, 7) is 8.05. The summed E-state index contributed by atoms with van der Waals surface area (Å²) in [6, 6.07) is 4.55. The molecule has 0 heterocycles. The van der Waals surface area contributed by atoms with E-state index in [2.05, 4.69) is 25.9 Å². The lowest BCUT2D eigenvalue weighted by atomic mass is 9.96. The Kier molecular flexibility index (Phi) is 8.61. The molecule has 0 aliphatic heterocycles. The fraction of sp³-hybridized carbons (Fsp3) is 0.579. The lowest BCUT2D eigenvalue weighted by Crippen LogP contribution is -2.25. The summed E-state index contributed by atoms with van der Waals surface area (Å²) in [7, 11) is 0. The molecule has 0 fully saturated rings. The zero-order valence-corrected chi connectivity index (χ0v) is 15.2. The van der Waals surface area contributed by atoms with Gasteiger partial charge in [0.2, 0.25) is 0 Å². The van der Waals surface area contributed by atoms with E-state index in [0.29, 0.717) is 28.5 Å². The van der Waals surface area contributed by atoms with Gasteiger partial charge in [0.05, 0.1) is 18.4 Å². The predicted octanol–water partition coefficient (Wildman–Crippen LogP) is 3.84. The van der Waals surface area contributed by atoms with Crippen molar-refractivity contribution in [2.75, 3.05) is 6.61 Å². The van der Waals surface area contributed by atoms with Crippen LogP contribution in [0.25, 0.3) is 0 Å². The number of halogens is 1. The van der Waals surface area contributed by atoms with Crippen molar-refractivity contribution in [3.63, 3.8) is 0 Å². The minimum atomic E-state index is -0.310. The van der Waals surface area contributed by atoms with Gasteiger partial charge >= 0.3 is 0 Å². The van der Waals surface area contributed by atoms with Gasteiger partial charge in [-0.1, -0.05) is 33.6 Å². The van der Waals surface area contributed by atoms with Crippen LogP contribution in [0.5, 0.6) is 0 Å². The van der Waals surface area contributed by atoms with Crippen LogP contribution in [0.3, 0.4) is 0 Å². The normalized spacial score (nSPS) is 15.4. The molecule has 134 valence electrons. The van der Waals surface area contributed by atoms with Crippen molar-refractivity contribution in [1.82, 2.24) is 0 Å². The summed E-state index contributed by atoms with van der Waals surface area (Å²) in [6.07, 6.45) is 4.04. The molecule has 0 amide bonds. The molecule has 0 saturated heterocycles. The van der Waals surface area contributed by atoms with Crippen LogP contribution in [-0.2, 0) is 0 Å². The van der Waals surface area contributed by atoms with Crippen molar-refractivity contribution in [3.05, 3.63) is 35.1 Å². The molecular formula is C19H30FN3O. The third-order valence-corrected chi connectivity index (χ3v) is 4.33. The molecule has 0 aliphatic carbocycles. The van der Waals surface area contributed by atoms with Crippen LogP contribution < -0.4 is 5.84 Å². The number of hydrogen-bond acceptors (Lipinski definition) is 4. The van der Waals surface area contributed by atoms with Crippen molar-refractivity contribution in [3.8, 4) is 0 Å². The SMILES string of the molecule is CCCC(CC(C)CC)N=C(CO)C(=NN)c1ccc(F)cc1C. The highest BCUT2D eigenvalue weighted by Gasteiger charge is 2.17. The van der Waals surface area contributed by atoms with Gasteiger partial charge in [0, 0.05) is 5.56 Å². The number of aliphatic hydroxyl groups is 1. The lowest BCUT2D eigenvalue weighted by molar-refractivity contribution is 0.356.